The van der Waals surface area contributed by atoms with Crippen molar-refractivity contribution in [3.8, 4) is 0 Å². The highest BCUT2D eigenvalue weighted by Gasteiger charge is 2.23. The number of nitro groups is 1. The highest BCUT2D eigenvalue weighted by atomic mass is 16.6. The van der Waals surface area contributed by atoms with E-state index in [2.05, 4.69) is 9.88 Å². The van der Waals surface area contributed by atoms with Crippen LogP contribution in [0.15, 0.2) is 12.3 Å². The molecule has 0 aromatic carbocycles. The number of nitrogens with zero attached hydrogens (tertiary/aromatic N) is 3. The smallest absolute Gasteiger partial charge is 0.290 e. The maximum atomic E-state index is 10.9. The molecule has 7 nitrogen and oxygen atoms in total. The molecule has 2 saturated heterocycles. The van der Waals surface area contributed by atoms with E-state index in [4.69, 9.17) is 9.47 Å². The number of aromatic nitrogens is 1. The number of piperidine rings is 1. The Balaban J connectivity index is 1.48. The lowest BCUT2D eigenvalue weighted by atomic mass is 10.1. The molecule has 1 aromatic rings. The molecule has 0 saturated carbocycles. The molecule has 0 radical (unpaired) electrons. The summed E-state index contributed by atoms with van der Waals surface area (Å²) in [6.45, 7) is 5.03. The predicted octanol–water partition coefficient (Wildman–Crippen LogP) is 2.85. The molecular weight excluding hydrogens is 310 g/mol. The second-order valence-electron chi connectivity index (χ2n) is 6.59. The number of ether oxygens (including phenoxy) is 2. The van der Waals surface area contributed by atoms with Gasteiger partial charge in [-0.3, -0.25) is 10.1 Å². The van der Waals surface area contributed by atoms with E-state index in [1.54, 1.807) is 13.0 Å². The van der Waals surface area contributed by atoms with Gasteiger partial charge < -0.3 is 14.4 Å². The molecule has 24 heavy (non-hydrogen) atoms. The van der Waals surface area contributed by atoms with Gasteiger partial charge in [-0.15, -0.1) is 0 Å². The van der Waals surface area contributed by atoms with Gasteiger partial charge in [-0.25, -0.2) is 4.98 Å². The van der Waals surface area contributed by atoms with E-state index in [-0.39, 0.29) is 22.8 Å². The summed E-state index contributed by atoms with van der Waals surface area (Å²) in [5.41, 5.74) is 0.724. The zero-order chi connectivity index (χ0) is 16.9. The molecule has 0 aliphatic carbocycles. The van der Waals surface area contributed by atoms with E-state index in [1.807, 2.05) is 0 Å². The molecular formula is C17H25N3O4. The van der Waals surface area contributed by atoms with Gasteiger partial charge in [-0.05, 0) is 45.1 Å². The standard InChI is InChI=1S/C17H25N3O4/c1-13-10-17(18-11-16(13)20(21)22)19-7-5-14(6-8-19)24-12-15-4-2-3-9-23-15/h10-11,14-15H,2-9,12H2,1H3/t15-/m0/s1. The van der Waals surface area contributed by atoms with Crippen LogP contribution in [0.4, 0.5) is 11.5 Å². The monoisotopic (exact) mass is 335 g/mol. The van der Waals surface area contributed by atoms with Gasteiger partial charge in [-0.2, -0.15) is 0 Å². The first kappa shape index (κ1) is 17.1. The Bertz CT molecular complexity index is 567. The SMILES string of the molecule is Cc1cc(N2CCC(OC[C@@H]3CCCCO3)CC2)ncc1[N+](=O)[O-]. The van der Waals surface area contributed by atoms with E-state index in [0.29, 0.717) is 12.2 Å². The molecule has 2 aliphatic heterocycles. The van der Waals surface area contributed by atoms with Crippen LogP contribution < -0.4 is 4.90 Å². The summed E-state index contributed by atoms with van der Waals surface area (Å²) in [6, 6.07) is 1.80. The molecule has 0 unspecified atom stereocenters. The highest BCUT2D eigenvalue weighted by molar-refractivity contribution is 5.48. The lowest BCUT2D eigenvalue weighted by Crippen LogP contribution is -2.38. The number of pyridine rings is 1. The Morgan fingerprint density at radius 1 is 1.38 bits per heavy atom. The molecule has 1 aromatic heterocycles. The number of anilines is 1. The van der Waals surface area contributed by atoms with Gasteiger partial charge in [0.15, 0.2) is 0 Å². The van der Waals surface area contributed by atoms with Crippen molar-refractivity contribution >= 4 is 11.5 Å². The fourth-order valence-corrected chi connectivity index (χ4v) is 3.33. The number of hydrogen-bond acceptors (Lipinski definition) is 6. The largest absolute Gasteiger partial charge is 0.376 e. The van der Waals surface area contributed by atoms with Crippen molar-refractivity contribution in [1.29, 1.82) is 0 Å². The third-order valence-electron chi connectivity index (χ3n) is 4.82. The van der Waals surface area contributed by atoms with Crippen LogP contribution in [-0.4, -0.2) is 48.4 Å². The summed E-state index contributed by atoms with van der Waals surface area (Å²) in [7, 11) is 0. The van der Waals surface area contributed by atoms with Crippen LogP contribution in [0.1, 0.15) is 37.7 Å². The zero-order valence-corrected chi connectivity index (χ0v) is 14.1. The second-order valence-corrected chi connectivity index (χ2v) is 6.59. The van der Waals surface area contributed by atoms with E-state index >= 15 is 0 Å². The van der Waals surface area contributed by atoms with Crippen molar-refractivity contribution in [1.82, 2.24) is 4.98 Å². The summed E-state index contributed by atoms with van der Waals surface area (Å²) < 4.78 is 11.7. The Hall–Kier alpha value is -1.73. The second kappa shape index (κ2) is 7.90. The van der Waals surface area contributed by atoms with Crippen LogP contribution in [0.3, 0.4) is 0 Å². The Labute approximate surface area is 142 Å². The number of aryl methyl sites for hydroxylation is 1. The summed E-state index contributed by atoms with van der Waals surface area (Å²) in [5.74, 6) is 0.812. The molecule has 1 atom stereocenters. The molecule has 132 valence electrons. The van der Waals surface area contributed by atoms with E-state index in [1.165, 1.54) is 12.6 Å². The lowest BCUT2D eigenvalue weighted by molar-refractivity contribution is -0.385. The third-order valence-corrected chi connectivity index (χ3v) is 4.82. The predicted molar refractivity (Wildman–Crippen MR) is 90.4 cm³/mol. The summed E-state index contributed by atoms with van der Waals surface area (Å²) in [4.78, 5) is 16.9. The molecule has 0 bridgehead atoms. The van der Waals surface area contributed by atoms with Gasteiger partial charge >= 0.3 is 0 Å². The van der Waals surface area contributed by atoms with Gasteiger partial charge in [0.05, 0.1) is 23.7 Å². The maximum absolute atomic E-state index is 10.9. The average molecular weight is 335 g/mol. The minimum Gasteiger partial charge on any atom is -0.376 e. The van der Waals surface area contributed by atoms with Crippen LogP contribution in [-0.2, 0) is 9.47 Å². The summed E-state index contributed by atoms with van der Waals surface area (Å²) >= 11 is 0. The molecule has 0 amide bonds. The minimum atomic E-state index is -0.389. The van der Waals surface area contributed by atoms with Crippen LogP contribution in [0.25, 0.3) is 0 Å². The lowest BCUT2D eigenvalue weighted by Gasteiger charge is -2.33. The van der Waals surface area contributed by atoms with Crippen LogP contribution in [0.5, 0.6) is 0 Å². The van der Waals surface area contributed by atoms with Crippen molar-refractivity contribution < 1.29 is 14.4 Å². The molecule has 0 N–H and O–H groups in total. The molecule has 0 spiro atoms. The van der Waals surface area contributed by atoms with Crippen molar-refractivity contribution in [2.45, 2.75) is 51.2 Å². The molecule has 2 aliphatic rings. The number of rotatable bonds is 5. The average Bonchev–Trinajstić information content (AvgIpc) is 2.61. The first-order valence-corrected chi connectivity index (χ1v) is 8.72. The fraction of sp³-hybridized carbons (Fsp3) is 0.706. The Kier molecular flexibility index (Phi) is 5.63. The molecule has 7 heteroatoms. The Morgan fingerprint density at radius 2 is 2.17 bits per heavy atom. The third kappa shape index (κ3) is 4.21. The van der Waals surface area contributed by atoms with Gasteiger partial charge in [0.2, 0.25) is 0 Å². The van der Waals surface area contributed by atoms with E-state index in [0.717, 1.165) is 51.2 Å². The van der Waals surface area contributed by atoms with Gasteiger partial charge in [0.25, 0.3) is 5.69 Å². The Morgan fingerprint density at radius 3 is 2.79 bits per heavy atom. The maximum Gasteiger partial charge on any atom is 0.290 e. The first-order valence-electron chi connectivity index (χ1n) is 8.72. The van der Waals surface area contributed by atoms with Gasteiger partial charge in [0, 0.05) is 25.3 Å². The molecule has 3 heterocycles. The molecule has 3 rings (SSSR count). The van der Waals surface area contributed by atoms with Gasteiger partial charge in [-0.1, -0.05) is 0 Å². The summed E-state index contributed by atoms with van der Waals surface area (Å²) in [6.07, 6.45) is 7.28. The van der Waals surface area contributed by atoms with E-state index < -0.39 is 0 Å². The van der Waals surface area contributed by atoms with Crippen molar-refractivity contribution in [2.75, 3.05) is 31.2 Å². The fourth-order valence-electron chi connectivity index (χ4n) is 3.33. The molecule has 2 fully saturated rings. The quantitative estimate of drug-likeness (QED) is 0.608. The van der Waals surface area contributed by atoms with Crippen LogP contribution >= 0.6 is 0 Å². The van der Waals surface area contributed by atoms with Crippen LogP contribution in [0, 0.1) is 17.0 Å². The normalized spacial score (nSPS) is 22.5. The van der Waals surface area contributed by atoms with Gasteiger partial charge in [0.1, 0.15) is 12.0 Å². The van der Waals surface area contributed by atoms with Crippen molar-refractivity contribution in [3.05, 3.63) is 27.9 Å². The first-order chi connectivity index (χ1) is 11.6. The highest BCUT2D eigenvalue weighted by Crippen LogP contribution is 2.25. The zero-order valence-electron chi connectivity index (χ0n) is 14.1. The van der Waals surface area contributed by atoms with Crippen molar-refractivity contribution in [2.24, 2.45) is 0 Å². The topological polar surface area (TPSA) is 77.7 Å². The van der Waals surface area contributed by atoms with Crippen molar-refractivity contribution in [3.63, 3.8) is 0 Å². The minimum absolute atomic E-state index is 0.0736. The number of hydrogen-bond donors (Lipinski definition) is 0. The van der Waals surface area contributed by atoms with Crippen LogP contribution in [0.2, 0.25) is 0 Å². The summed E-state index contributed by atoms with van der Waals surface area (Å²) in [5, 5.41) is 10.9. The van der Waals surface area contributed by atoms with E-state index in [9.17, 15) is 10.1 Å².